The summed E-state index contributed by atoms with van der Waals surface area (Å²) in [6.07, 6.45) is 1.58. The summed E-state index contributed by atoms with van der Waals surface area (Å²) in [6, 6.07) is 11.8. The largest absolute Gasteiger partial charge is 0.356 e. The highest BCUT2D eigenvalue weighted by Gasteiger charge is 2.19. The molecule has 0 aliphatic carbocycles. The van der Waals surface area contributed by atoms with Crippen LogP contribution in [0.5, 0.6) is 0 Å². The van der Waals surface area contributed by atoms with Crippen LogP contribution in [0.25, 0.3) is 22.2 Å². The Kier molecular flexibility index (Phi) is 4.32. The summed E-state index contributed by atoms with van der Waals surface area (Å²) in [5.74, 6) is -0.374. The molecular weight excluding hydrogens is 327 g/mol. The zero-order chi connectivity index (χ0) is 17.3. The quantitative estimate of drug-likeness (QED) is 0.657. The van der Waals surface area contributed by atoms with E-state index >= 15 is 0 Å². The zero-order valence-corrected chi connectivity index (χ0v) is 14.4. The van der Waals surface area contributed by atoms with Gasteiger partial charge in [-0.2, -0.15) is 4.40 Å². The van der Waals surface area contributed by atoms with Gasteiger partial charge in [0.15, 0.2) is 5.58 Å². The van der Waals surface area contributed by atoms with Gasteiger partial charge < -0.3 is 4.52 Å². The van der Waals surface area contributed by atoms with E-state index in [1.807, 2.05) is 45.0 Å². The van der Waals surface area contributed by atoms with Crippen LogP contribution in [0, 0.1) is 5.82 Å². The van der Waals surface area contributed by atoms with Crippen molar-refractivity contribution in [1.82, 2.24) is 5.16 Å². The molecule has 0 aliphatic rings. The first-order valence-corrected chi connectivity index (χ1v) is 8.57. The topological polar surface area (TPSA) is 55.5 Å². The van der Waals surface area contributed by atoms with Crippen molar-refractivity contribution in [1.29, 1.82) is 0 Å². The molecule has 3 rings (SSSR count). The number of rotatable bonds is 3. The third kappa shape index (κ3) is 3.28. The minimum atomic E-state index is -1.35. The normalized spacial score (nSPS) is 13.7. The van der Waals surface area contributed by atoms with Gasteiger partial charge in [0, 0.05) is 28.8 Å². The molecule has 2 aromatic carbocycles. The molecule has 4 nitrogen and oxygen atoms in total. The molecule has 1 heterocycles. The highest BCUT2D eigenvalue weighted by Crippen LogP contribution is 2.30. The molecule has 0 spiro atoms. The van der Waals surface area contributed by atoms with Crippen molar-refractivity contribution in [3.05, 3.63) is 53.8 Å². The van der Waals surface area contributed by atoms with E-state index in [0.717, 1.165) is 11.1 Å². The Morgan fingerprint density at radius 3 is 2.71 bits per heavy atom. The third-order valence-electron chi connectivity index (χ3n) is 3.46. The summed E-state index contributed by atoms with van der Waals surface area (Å²) in [4.78, 5) is 0. The monoisotopic (exact) mass is 344 g/mol. The Morgan fingerprint density at radius 1 is 1.21 bits per heavy atom. The van der Waals surface area contributed by atoms with Crippen molar-refractivity contribution in [2.75, 3.05) is 0 Å². The average Bonchev–Trinajstić information content (AvgIpc) is 2.94. The Balaban J connectivity index is 2.06. The van der Waals surface area contributed by atoms with Crippen molar-refractivity contribution in [2.45, 2.75) is 25.5 Å². The van der Waals surface area contributed by atoms with Crippen LogP contribution in [0.2, 0.25) is 0 Å². The highest BCUT2D eigenvalue weighted by atomic mass is 32.2. The maximum atomic E-state index is 13.3. The molecule has 0 saturated heterocycles. The molecule has 1 atom stereocenters. The maximum absolute atomic E-state index is 13.3. The van der Waals surface area contributed by atoms with Crippen LogP contribution in [0.1, 0.15) is 26.3 Å². The molecule has 6 heteroatoms. The number of halogens is 1. The van der Waals surface area contributed by atoms with E-state index < -0.39 is 15.7 Å². The van der Waals surface area contributed by atoms with E-state index in [9.17, 15) is 8.60 Å². The number of fused-ring (bicyclic) bond motifs is 1. The Morgan fingerprint density at radius 2 is 1.96 bits per heavy atom. The van der Waals surface area contributed by atoms with Gasteiger partial charge in [0.1, 0.15) is 22.5 Å². The number of hydrogen-bond acceptors (Lipinski definition) is 3. The van der Waals surface area contributed by atoms with E-state index in [-0.39, 0.29) is 5.82 Å². The first kappa shape index (κ1) is 16.5. The summed E-state index contributed by atoms with van der Waals surface area (Å²) in [5.41, 5.74) is 2.55. The van der Waals surface area contributed by atoms with Gasteiger partial charge in [0.25, 0.3) is 0 Å². The molecule has 0 aliphatic heterocycles. The smallest absolute Gasteiger partial charge is 0.170 e. The van der Waals surface area contributed by atoms with E-state index in [2.05, 4.69) is 9.55 Å². The first-order valence-electron chi connectivity index (χ1n) is 7.46. The Labute approximate surface area is 142 Å². The third-order valence-corrected chi connectivity index (χ3v) is 4.81. The Bertz CT molecular complexity index is 942. The van der Waals surface area contributed by atoms with Crippen molar-refractivity contribution in [2.24, 2.45) is 4.40 Å². The zero-order valence-electron chi connectivity index (χ0n) is 13.6. The molecule has 0 fully saturated rings. The summed E-state index contributed by atoms with van der Waals surface area (Å²) in [7, 11) is -1.35. The van der Waals surface area contributed by atoms with Gasteiger partial charge in [0.05, 0.1) is 4.75 Å². The van der Waals surface area contributed by atoms with Gasteiger partial charge in [-0.15, -0.1) is 0 Å². The van der Waals surface area contributed by atoms with E-state index in [4.69, 9.17) is 4.52 Å². The lowest BCUT2D eigenvalue weighted by Crippen LogP contribution is -2.19. The second-order valence-electron chi connectivity index (χ2n) is 6.35. The standard InChI is InChI=1S/C18H17FN2O2S/c1-18(2,3)24(22)20-11-12-6-4-5-7-14(12)17-15-9-8-13(19)10-16(15)23-21-17/h4-11H,1-3H3/t24-/m0/s1. The highest BCUT2D eigenvalue weighted by molar-refractivity contribution is 7.85. The van der Waals surface area contributed by atoms with E-state index in [1.165, 1.54) is 12.1 Å². The SMILES string of the molecule is CC(C)(C)[S@](=O)N=Cc1ccccc1-c1noc2cc(F)ccc12. The van der Waals surface area contributed by atoms with Crippen LogP contribution in [-0.4, -0.2) is 20.3 Å². The minimum Gasteiger partial charge on any atom is -0.356 e. The summed E-state index contributed by atoms with van der Waals surface area (Å²) >= 11 is 0. The number of hydrogen-bond donors (Lipinski definition) is 0. The van der Waals surface area contributed by atoms with Crippen LogP contribution in [0.15, 0.2) is 51.4 Å². The number of aromatic nitrogens is 1. The average molecular weight is 344 g/mol. The maximum Gasteiger partial charge on any atom is 0.170 e. The van der Waals surface area contributed by atoms with Gasteiger partial charge in [-0.25, -0.2) is 8.60 Å². The number of nitrogens with zero attached hydrogens (tertiary/aromatic N) is 2. The van der Waals surface area contributed by atoms with Crippen LogP contribution < -0.4 is 0 Å². The fraction of sp³-hybridized carbons (Fsp3) is 0.222. The van der Waals surface area contributed by atoms with Gasteiger partial charge in [-0.05, 0) is 32.9 Å². The van der Waals surface area contributed by atoms with E-state index in [0.29, 0.717) is 16.7 Å². The molecule has 0 N–H and O–H groups in total. The van der Waals surface area contributed by atoms with Gasteiger partial charge in [0.2, 0.25) is 0 Å². The molecule has 0 unspecified atom stereocenters. The molecule has 3 aromatic rings. The lowest BCUT2D eigenvalue weighted by atomic mass is 10.0. The Hall–Kier alpha value is -2.34. The molecule has 0 bridgehead atoms. The van der Waals surface area contributed by atoms with Crippen molar-refractivity contribution >= 4 is 28.2 Å². The van der Waals surface area contributed by atoms with Crippen molar-refractivity contribution in [3.8, 4) is 11.3 Å². The van der Waals surface area contributed by atoms with E-state index in [1.54, 1.807) is 12.3 Å². The summed E-state index contributed by atoms with van der Waals surface area (Å²) in [5, 5.41) is 4.78. The molecule has 0 radical (unpaired) electrons. The fourth-order valence-corrected chi connectivity index (χ4v) is 2.72. The summed E-state index contributed by atoms with van der Waals surface area (Å²) in [6.45, 7) is 5.60. The van der Waals surface area contributed by atoms with Gasteiger partial charge in [-0.1, -0.05) is 29.4 Å². The van der Waals surface area contributed by atoms with Crippen molar-refractivity contribution < 1.29 is 13.1 Å². The van der Waals surface area contributed by atoms with Crippen LogP contribution in [0.3, 0.4) is 0 Å². The van der Waals surface area contributed by atoms with Crippen LogP contribution in [-0.2, 0) is 11.0 Å². The molecule has 24 heavy (non-hydrogen) atoms. The fourth-order valence-electron chi connectivity index (χ4n) is 2.19. The molecule has 0 amide bonds. The molecular formula is C18H17FN2O2S. The first-order chi connectivity index (χ1) is 11.4. The number of benzene rings is 2. The second-order valence-corrected chi connectivity index (χ2v) is 8.29. The lowest BCUT2D eigenvalue weighted by Gasteiger charge is -2.12. The minimum absolute atomic E-state index is 0.374. The van der Waals surface area contributed by atoms with Crippen LogP contribution in [0.4, 0.5) is 4.39 Å². The summed E-state index contributed by atoms with van der Waals surface area (Å²) < 4.78 is 34.4. The van der Waals surface area contributed by atoms with Crippen LogP contribution >= 0.6 is 0 Å². The van der Waals surface area contributed by atoms with Crippen molar-refractivity contribution in [3.63, 3.8) is 0 Å². The molecule has 124 valence electrons. The van der Waals surface area contributed by atoms with Gasteiger partial charge >= 0.3 is 0 Å². The van der Waals surface area contributed by atoms with Gasteiger partial charge in [-0.3, -0.25) is 0 Å². The second kappa shape index (κ2) is 6.28. The predicted molar refractivity (Wildman–Crippen MR) is 94.9 cm³/mol. The lowest BCUT2D eigenvalue weighted by molar-refractivity contribution is 0.457. The molecule has 0 saturated carbocycles. The predicted octanol–water partition coefficient (Wildman–Crippen LogP) is 4.52. The molecule has 1 aromatic heterocycles.